The summed E-state index contributed by atoms with van der Waals surface area (Å²) in [6.07, 6.45) is 2.21. The summed E-state index contributed by atoms with van der Waals surface area (Å²) in [6.45, 7) is 1.50. The van der Waals surface area contributed by atoms with E-state index < -0.39 is 5.97 Å². The number of ether oxygens (including phenoxy) is 1. The number of methoxy groups -OCH3 is 1. The lowest BCUT2D eigenvalue weighted by molar-refractivity contribution is 0.0531. The highest BCUT2D eigenvalue weighted by atomic mass is 16.5. The van der Waals surface area contributed by atoms with Gasteiger partial charge in [0.15, 0.2) is 5.69 Å². The number of carboxylic acids is 1. The Morgan fingerprint density at radius 2 is 1.56 bits per heavy atom. The molecule has 2 aromatic rings. The van der Waals surface area contributed by atoms with Gasteiger partial charge in [0.05, 0.1) is 19.5 Å². The van der Waals surface area contributed by atoms with Crippen molar-refractivity contribution < 1.29 is 24.2 Å². The zero-order valence-electron chi connectivity index (χ0n) is 14.7. The molecular weight excluding hydrogens is 352 g/mol. The lowest BCUT2D eigenvalue weighted by atomic mass is 10.1. The Labute approximate surface area is 155 Å². The molecule has 1 saturated heterocycles. The number of hydrogen-bond acceptors (Lipinski definition) is 6. The molecule has 0 spiro atoms. The summed E-state index contributed by atoms with van der Waals surface area (Å²) in [6, 6.07) is 6.93. The summed E-state index contributed by atoms with van der Waals surface area (Å²) in [4.78, 5) is 46.7. The first-order chi connectivity index (χ1) is 13.0. The van der Waals surface area contributed by atoms with Gasteiger partial charge in [-0.05, 0) is 18.2 Å². The highest BCUT2D eigenvalue weighted by molar-refractivity contribution is 5.95. The largest absolute Gasteiger partial charge is 0.497 e. The number of aromatic carboxylic acids is 1. The molecule has 1 aliphatic heterocycles. The van der Waals surface area contributed by atoms with E-state index in [2.05, 4.69) is 9.97 Å². The number of benzene rings is 1. The minimum atomic E-state index is -1.20. The van der Waals surface area contributed by atoms with Crippen LogP contribution in [0.5, 0.6) is 5.75 Å². The third-order valence-electron chi connectivity index (χ3n) is 4.26. The van der Waals surface area contributed by atoms with E-state index in [0.717, 1.165) is 12.4 Å². The summed E-state index contributed by atoms with van der Waals surface area (Å²) in [5.41, 5.74) is 0.386. The molecule has 0 atom stereocenters. The van der Waals surface area contributed by atoms with Gasteiger partial charge in [-0.2, -0.15) is 0 Å². The first-order valence-corrected chi connectivity index (χ1v) is 8.27. The maximum Gasteiger partial charge on any atom is 0.356 e. The highest BCUT2D eigenvalue weighted by Crippen LogP contribution is 2.16. The standard InChI is InChI=1S/C18H18N4O5/c1-27-13-4-2-3-12(9-13)16(23)21-5-7-22(8-6-21)17(24)14-10-20-15(11-19-14)18(25)26/h2-4,9-11H,5-8H2,1H3,(H,25,26). The molecule has 3 rings (SSSR count). The zero-order chi connectivity index (χ0) is 19.4. The fourth-order valence-corrected chi connectivity index (χ4v) is 2.76. The van der Waals surface area contributed by atoms with Crippen LogP contribution in [0.3, 0.4) is 0 Å². The summed E-state index contributed by atoms with van der Waals surface area (Å²) >= 11 is 0. The Hall–Kier alpha value is -3.49. The fourth-order valence-electron chi connectivity index (χ4n) is 2.76. The van der Waals surface area contributed by atoms with Gasteiger partial charge < -0.3 is 19.6 Å². The van der Waals surface area contributed by atoms with Crippen molar-refractivity contribution in [2.45, 2.75) is 0 Å². The average molecular weight is 370 g/mol. The molecule has 2 amide bonds. The van der Waals surface area contributed by atoms with Gasteiger partial charge in [0.2, 0.25) is 0 Å². The van der Waals surface area contributed by atoms with E-state index in [4.69, 9.17) is 9.84 Å². The molecule has 0 aliphatic carbocycles. The van der Waals surface area contributed by atoms with E-state index in [9.17, 15) is 14.4 Å². The lowest BCUT2D eigenvalue weighted by Gasteiger charge is -2.34. The van der Waals surface area contributed by atoms with Crippen molar-refractivity contribution in [1.82, 2.24) is 19.8 Å². The molecule has 0 saturated carbocycles. The molecule has 1 aromatic carbocycles. The predicted octanol–water partition coefficient (Wildman–Crippen LogP) is 0.782. The first-order valence-electron chi connectivity index (χ1n) is 8.27. The maximum absolute atomic E-state index is 12.6. The van der Waals surface area contributed by atoms with E-state index in [0.29, 0.717) is 37.5 Å². The first kappa shape index (κ1) is 18.3. The molecule has 0 bridgehead atoms. The second-order valence-electron chi connectivity index (χ2n) is 5.91. The van der Waals surface area contributed by atoms with E-state index in [1.165, 1.54) is 0 Å². The SMILES string of the molecule is COc1cccc(C(=O)N2CCN(C(=O)c3cnc(C(=O)O)cn3)CC2)c1. The third kappa shape index (κ3) is 4.02. The van der Waals surface area contributed by atoms with Crippen molar-refractivity contribution in [3.05, 3.63) is 53.6 Å². The van der Waals surface area contributed by atoms with Crippen LogP contribution >= 0.6 is 0 Å². The molecular formula is C18H18N4O5. The van der Waals surface area contributed by atoms with Gasteiger partial charge in [0, 0.05) is 31.7 Å². The molecule has 0 unspecified atom stereocenters. The van der Waals surface area contributed by atoms with Gasteiger partial charge >= 0.3 is 5.97 Å². The van der Waals surface area contributed by atoms with Crippen LogP contribution in [0.1, 0.15) is 31.3 Å². The number of rotatable bonds is 4. The molecule has 2 heterocycles. The van der Waals surface area contributed by atoms with Crippen LogP contribution < -0.4 is 4.74 Å². The Morgan fingerprint density at radius 3 is 2.11 bits per heavy atom. The zero-order valence-corrected chi connectivity index (χ0v) is 14.7. The molecule has 1 fully saturated rings. The van der Waals surface area contributed by atoms with Gasteiger partial charge in [-0.3, -0.25) is 9.59 Å². The normalized spacial score (nSPS) is 14.0. The van der Waals surface area contributed by atoms with Gasteiger partial charge in [-0.25, -0.2) is 14.8 Å². The summed E-state index contributed by atoms with van der Waals surface area (Å²) in [5.74, 6) is -1.05. The van der Waals surface area contributed by atoms with Crippen LogP contribution in [0.15, 0.2) is 36.7 Å². The molecule has 0 radical (unpaired) electrons. The van der Waals surface area contributed by atoms with E-state index in [1.54, 1.807) is 41.2 Å². The topological polar surface area (TPSA) is 113 Å². The van der Waals surface area contributed by atoms with Crippen molar-refractivity contribution in [1.29, 1.82) is 0 Å². The predicted molar refractivity (Wildman–Crippen MR) is 93.8 cm³/mol. The minimum absolute atomic E-state index is 0.0765. The van der Waals surface area contributed by atoms with E-state index in [-0.39, 0.29) is 23.2 Å². The Kier molecular flexibility index (Phi) is 5.30. The van der Waals surface area contributed by atoms with Gasteiger partial charge in [0.25, 0.3) is 11.8 Å². The number of piperazine rings is 1. The maximum atomic E-state index is 12.6. The van der Waals surface area contributed by atoms with Crippen LogP contribution in [-0.4, -0.2) is 75.9 Å². The molecule has 9 heteroatoms. The number of carbonyl (C=O) groups excluding carboxylic acids is 2. The highest BCUT2D eigenvalue weighted by Gasteiger charge is 2.26. The monoisotopic (exact) mass is 370 g/mol. The molecule has 1 aliphatic rings. The number of aromatic nitrogens is 2. The number of hydrogen-bond donors (Lipinski definition) is 1. The summed E-state index contributed by atoms with van der Waals surface area (Å²) < 4.78 is 5.14. The van der Waals surface area contributed by atoms with Crippen LogP contribution in [0.25, 0.3) is 0 Å². The molecule has 27 heavy (non-hydrogen) atoms. The van der Waals surface area contributed by atoms with Crippen LogP contribution in [0.2, 0.25) is 0 Å². The minimum Gasteiger partial charge on any atom is -0.497 e. The molecule has 1 N–H and O–H groups in total. The Bertz CT molecular complexity index is 860. The van der Waals surface area contributed by atoms with Crippen molar-refractivity contribution in [2.75, 3.05) is 33.3 Å². The van der Waals surface area contributed by atoms with Crippen LogP contribution in [0, 0.1) is 0 Å². The van der Waals surface area contributed by atoms with Crippen molar-refractivity contribution in [2.24, 2.45) is 0 Å². The summed E-state index contributed by atoms with van der Waals surface area (Å²) in [7, 11) is 1.54. The average Bonchev–Trinajstić information content (AvgIpc) is 2.73. The number of nitrogens with zero attached hydrogens (tertiary/aromatic N) is 4. The number of carboxylic acid groups (broad SMARTS) is 1. The van der Waals surface area contributed by atoms with Crippen molar-refractivity contribution >= 4 is 17.8 Å². The Balaban J connectivity index is 1.61. The number of carbonyl (C=O) groups is 3. The fraction of sp³-hybridized carbons (Fsp3) is 0.278. The van der Waals surface area contributed by atoms with Gasteiger partial charge in [-0.15, -0.1) is 0 Å². The summed E-state index contributed by atoms with van der Waals surface area (Å²) in [5, 5.41) is 8.83. The number of amides is 2. The quantitative estimate of drug-likeness (QED) is 0.846. The smallest absolute Gasteiger partial charge is 0.356 e. The third-order valence-corrected chi connectivity index (χ3v) is 4.26. The van der Waals surface area contributed by atoms with Gasteiger partial charge in [0.1, 0.15) is 11.4 Å². The lowest BCUT2D eigenvalue weighted by Crippen LogP contribution is -2.50. The molecule has 9 nitrogen and oxygen atoms in total. The second-order valence-corrected chi connectivity index (χ2v) is 5.91. The van der Waals surface area contributed by atoms with Crippen LogP contribution in [0.4, 0.5) is 0 Å². The Morgan fingerprint density at radius 1 is 0.963 bits per heavy atom. The van der Waals surface area contributed by atoms with Gasteiger partial charge in [-0.1, -0.05) is 6.07 Å². The van der Waals surface area contributed by atoms with Crippen molar-refractivity contribution in [3.8, 4) is 5.75 Å². The van der Waals surface area contributed by atoms with Crippen LogP contribution in [-0.2, 0) is 0 Å². The molecule has 1 aromatic heterocycles. The van der Waals surface area contributed by atoms with Crippen molar-refractivity contribution in [3.63, 3.8) is 0 Å². The molecule has 140 valence electrons. The second kappa shape index (κ2) is 7.81. The van der Waals surface area contributed by atoms with E-state index >= 15 is 0 Å². The van der Waals surface area contributed by atoms with E-state index in [1.807, 2.05) is 0 Å².